The fraction of sp³-hybridized carbons (Fsp3) is 0.778. The van der Waals surface area contributed by atoms with E-state index in [0.717, 1.165) is 12.8 Å². The number of allylic oxidation sites excluding steroid dienone is 1. The molecule has 1 heteroatoms. The van der Waals surface area contributed by atoms with E-state index >= 15 is 0 Å². The van der Waals surface area contributed by atoms with Crippen molar-refractivity contribution < 1.29 is 5.11 Å². The molecule has 0 aromatic carbocycles. The second-order valence-electron chi connectivity index (χ2n) is 3.48. The van der Waals surface area contributed by atoms with E-state index < -0.39 is 0 Å². The maximum atomic E-state index is 9.37. The van der Waals surface area contributed by atoms with Crippen molar-refractivity contribution in [2.24, 2.45) is 5.92 Å². The monoisotopic (exact) mass is 140 g/mol. The van der Waals surface area contributed by atoms with Crippen molar-refractivity contribution in [3.63, 3.8) is 0 Å². The summed E-state index contributed by atoms with van der Waals surface area (Å²) in [4.78, 5) is 0. The topological polar surface area (TPSA) is 20.2 Å². The molecule has 0 spiro atoms. The predicted octanol–water partition coefficient (Wildman–Crippen LogP) is 2.11. The third-order valence-electron chi connectivity index (χ3n) is 2.34. The van der Waals surface area contributed by atoms with E-state index in [1.165, 1.54) is 12.8 Å². The lowest BCUT2D eigenvalue weighted by atomic mass is 10.1. The Morgan fingerprint density at radius 3 is 2.80 bits per heavy atom. The number of hydrogen-bond acceptors (Lipinski definition) is 1. The fourth-order valence-electron chi connectivity index (χ4n) is 1.36. The molecule has 1 aliphatic carbocycles. The SMILES string of the molecule is C=CCCCC1CC1(C)O. The summed E-state index contributed by atoms with van der Waals surface area (Å²) in [5.41, 5.74) is -0.318. The molecule has 0 aromatic rings. The van der Waals surface area contributed by atoms with Gasteiger partial charge in [-0.25, -0.2) is 0 Å². The zero-order chi connectivity index (χ0) is 7.61. The quantitative estimate of drug-likeness (QED) is 0.468. The Balaban J connectivity index is 2.02. The van der Waals surface area contributed by atoms with Crippen molar-refractivity contribution in [3.8, 4) is 0 Å². The van der Waals surface area contributed by atoms with Gasteiger partial charge in [-0.2, -0.15) is 0 Å². The lowest BCUT2D eigenvalue weighted by molar-refractivity contribution is 0.149. The van der Waals surface area contributed by atoms with E-state index in [4.69, 9.17) is 0 Å². The van der Waals surface area contributed by atoms with Gasteiger partial charge in [-0.15, -0.1) is 6.58 Å². The van der Waals surface area contributed by atoms with E-state index in [1.807, 2.05) is 13.0 Å². The number of unbranched alkanes of at least 4 members (excludes halogenated alkanes) is 1. The zero-order valence-corrected chi connectivity index (χ0v) is 6.64. The van der Waals surface area contributed by atoms with E-state index in [9.17, 15) is 5.11 Å². The van der Waals surface area contributed by atoms with Crippen molar-refractivity contribution in [2.75, 3.05) is 0 Å². The molecule has 0 bridgehead atoms. The summed E-state index contributed by atoms with van der Waals surface area (Å²) in [6.07, 6.45) is 6.39. The van der Waals surface area contributed by atoms with Crippen LogP contribution in [-0.4, -0.2) is 10.7 Å². The molecule has 1 nitrogen and oxygen atoms in total. The van der Waals surface area contributed by atoms with E-state index in [1.54, 1.807) is 0 Å². The van der Waals surface area contributed by atoms with Gasteiger partial charge in [0, 0.05) is 0 Å². The highest BCUT2D eigenvalue weighted by atomic mass is 16.3. The Labute approximate surface area is 62.8 Å². The second kappa shape index (κ2) is 2.75. The van der Waals surface area contributed by atoms with Crippen LogP contribution in [0, 0.1) is 5.92 Å². The van der Waals surface area contributed by atoms with Crippen molar-refractivity contribution in [1.82, 2.24) is 0 Å². The largest absolute Gasteiger partial charge is 0.390 e. The molecule has 1 fully saturated rings. The van der Waals surface area contributed by atoms with Gasteiger partial charge in [-0.05, 0) is 38.5 Å². The van der Waals surface area contributed by atoms with Crippen LogP contribution in [0.5, 0.6) is 0 Å². The summed E-state index contributed by atoms with van der Waals surface area (Å²) >= 11 is 0. The van der Waals surface area contributed by atoms with Gasteiger partial charge in [0.15, 0.2) is 0 Å². The molecule has 0 radical (unpaired) electrons. The first-order valence-electron chi connectivity index (χ1n) is 4.00. The highest BCUT2D eigenvalue weighted by molar-refractivity contribution is 4.99. The molecule has 0 heterocycles. The fourth-order valence-corrected chi connectivity index (χ4v) is 1.36. The third-order valence-corrected chi connectivity index (χ3v) is 2.34. The first-order chi connectivity index (χ1) is 4.67. The van der Waals surface area contributed by atoms with Gasteiger partial charge in [0.25, 0.3) is 0 Å². The Bertz CT molecular complexity index is 127. The molecule has 2 unspecified atom stereocenters. The van der Waals surface area contributed by atoms with Crippen LogP contribution in [0.1, 0.15) is 32.6 Å². The molecule has 58 valence electrons. The Morgan fingerprint density at radius 1 is 1.80 bits per heavy atom. The number of aliphatic hydroxyl groups is 1. The average molecular weight is 140 g/mol. The molecule has 1 aliphatic rings. The van der Waals surface area contributed by atoms with Crippen molar-refractivity contribution in [3.05, 3.63) is 12.7 Å². The minimum Gasteiger partial charge on any atom is -0.390 e. The minimum atomic E-state index is -0.318. The van der Waals surface area contributed by atoms with Gasteiger partial charge < -0.3 is 5.11 Å². The Kier molecular flexibility index (Phi) is 2.14. The summed E-state index contributed by atoms with van der Waals surface area (Å²) in [5.74, 6) is 0.576. The predicted molar refractivity (Wildman–Crippen MR) is 42.8 cm³/mol. The van der Waals surface area contributed by atoms with E-state index in [2.05, 4.69) is 6.58 Å². The van der Waals surface area contributed by atoms with Gasteiger partial charge in [0.05, 0.1) is 5.60 Å². The summed E-state index contributed by atoms with van der Waals surface area (Å²) in [6, 6.07) is 0. The highest BCUT2D eigenvalue weighted by Crippen LogP contribution is 2.45. The molecule has 2 atom stereocenters. The molecule has 1 N–H and O–H groups in total. The van der Waals surface area contributed by atoms with Crippen LogP contribution < -0.4 is 0 Å². The third kappa shape index (κ3) is 1.84. The molecular weight excluding hydrogens is 124 g/mol. The van der Waals surface area contributed by atoms with Gasteiger partial charge in [0.1, 0.15) is 0 Å². The van der Waals surface area contributed by atoms with Crippen LogP contribution in [0.2, 0.25) is 0 Å². The molecule has 10 heavy (non-hydrogen) atoms. The molecule has 0 amide bonds. The zero-order valence-electron chi connectivity index (χ0n) is 6.64. The first-order valence-corrected chi connectivity index (χ1v) is 4.00. The van der Waals surface area contributed by atoms with Gasteiger partial charge in [0.2, 0.25) is 0 Å². The lowest BCUT2D eigenvalue weighted by Gasteiger charge is -1.99. The standard InChI is InChI=1S/C9H16O/c1-3-4-5-6-8-7-9(8,2)10/h3,8,10H,1,4-7H2,2H3. The summed E-state index contributed by atoms with van der Waals surface area (Å²) in [5, 5.41) is 9.37. The van der Waals surface area contributed by atoms with E-state index in [-0.39, 0.29) is 5.60 Å². The average Bonchev–Trinajstić information content (AvgIpc) is 2.41. The maximum Gasteiger partial charge on any atom is 0.0652 e. The first kappa shape index (κ1) is 7.80. The molecular formula is C9H16O. The normalized spacial score (nSPS) is 37.6. The van der Waals surface area contributed by atoms with Crippen LogP contribution in [0.15, 0.2) is 12.7 Å². The van der Waals surface area contributed by atoms with Crippen LogP contribution >= 0.6 is 0 Å². The van der Waals surface area contributed by atoms with E-state index in [0.29, 0.717) is 5.92 Å². The molecule has 0 aliphatic heterocycles. The molecule has 1 rings (SSSR count). The van der Waals surface area contributed by atoms with Crippen LogP contribution in [-0.2, 0) is 0 Å². The van der Waals surface area contributed by atoms with Crippen molar-refractivity contribution in [2.45, 2.75) is 38.2 Å². The van der Waals surface area contributed by atoms with Gasteiger partial charge in [-0.3, -0.25) is 0 Å². The van der Waals surface area contributed by atoms with Crippen LogP contribution in [0.25, 0.3) is 0 Å². The van der Waals surface area contributed by atoms with Crippen molar-refractivity contribution >= 4 is 0 Å². The second-order valence-corrected chi connectivity index (χ2v) is 3.48. The number of hydrogen-bond donors (Lipinski definition) is 1. The molecule has 0 aromatic heterocycles. The Hall–Kier alpha value is -0.300. The smallest absolute Gasteiger partial charge is 0.0652 e. The summed E-state index contributed by atoms with van der Waals surface area (Å²) < 4.78 is 0. The lowest BCUT2D eigenvalue weighted by Crippen LogP contribution is -2.02. The van der Waals surface area contributed by atoms with Gasteiger partial charge in [-0.1, -0.05) is 6.08 Å². The highest BCUT2D eigenvalue weighted by Gasteiger charge is 2.47. The molecule has 1 saturated carbocycles. The maximum absolute atomic E-state index is 9.37. The summed E-state index contributed by atoms with van der Waals surface area (Å²) in [6.45, 7) is 5.57. The minimum absolute atomic E-state index is 0.318. The number of rotatable bonds is 4. The summed E-state index contributed by atoms with van der Waals surface area (Å²) in [7, 11) is 0. The van der Waals surface area contributed by atoms with Crippen molar-refractivity contribution in [1.29, 1.82) is 0 Å². The Morgan fingerprint density at radius 2 is 2.40 bits per heavy atom. The van der Waals surface area contributed by atoms with Gasteiger partial charge >= 0.3 is 0 Å². The van der Waals surface area contributed by atoms with Crippen LogP contribution in [0.3, 0.4) is 0 Å². The molecule has 0 saturated heterocycles. The van der Waals surface area contributed by atoms with Crippen LogP contribution in [0.4, 0.5) is 0 Å².